The van der Waals surface area contributed by atoms with Gasteiger partial charge in [0.05, 0.1) is 12.7 Å². The van der Waals surface area contributed by atoms with Crippen molar-refractivity contribution in [2.75, 3.05) is 0 Å². The SMILES string of the molecule is C=C/C=C(\CC)Cn1cc(C)cn1. The van der Waals surface area contributed by atoms with Gasteiger partial charge in [0.1, 0.15) is 0 Å². The minimum atomic E-state index is 0.871. The number of hydrogen-bond acceptors (Lipinski definition) is 1. The van der Waals surface area contributed by atoms with Crippen LogP contribution in [0.15, 0.2) is 36.7 Å². The molecule has 1 aromatic rings. The van der Waals surface area contributed by atoms with Crippen LogP contribution in [0.3, 0.4) is 0 Å². The van der Waals surface area contributed by atoms with Gasteiger partial charge in [0.15, 0.2) is 0 Å². The number of allylic oxidation sites excluding steroid dienone is 3. The summed E-state index contributed by atoms with van der Waals surface area (Å²) in [6.45, 7) is 8.75. The van der Waals surface area contributed by atoms with Crippen LogP contribution in [-0.4, -0.2) is 9.78 Å². The molecular weight excluding hydrogens is 160 g/mol. The average molecular weight is 176 g/mol. The molecule has 0 aromatic carbocycles. The molecule has 0 fully saturated rings. The molecule has 2 heteroatoms. The molecule has 0 bridgehead atoms. The Labute approximate surface area is 79.6 Å². The largest absolute Gasteiger partial charge is 0.268 e. The monoisotopic (exact) mass is 176 g/mol. The van der Waals surface area contributed by atoms with Crippen LogP contribution in [0.4, 0.5) is 0 Å². The van der Waals surface area contributed by atoms with Gasteiger partial charge in [0.25, 0.3) is 0 Å². The van der Waals surface area contributed by atoms with Crippen LogP contribution < -0.4 is 0 Å². The third-order valence-corrected chi connectivity index (χ3v) is 1.94. The van der Waals surface area contributed by atoms with Crippen LogP contribution >= 0.6 is 0 Å². The molecular formula is C11H16N2. The van der Waals surface area contributed by atoms with Gasteiger partial charge in [-0.25, -0.2) is 0 Å². The Hall–Kier alpha value is -1.31. The van der Waals surface area contributed by atoms with Crippen molar-refractivity contribution < 1.29 is 0 Å². The minimum Gasteiger partial charge on any atom is -0.268 e. The Morgan fingerprint density at radius 1 is 1.69 bits per heavy atom. The fourth-order valence-electron chi connectivity index (χ4n) is 1.21. The highest BCUT2D eigenvalue weighted by Gasteiger charge is 1.96. The maximum Gasteiger partial charge on any atom is 0.0622 e. The summed E-state index contributed by atoms with van der Waals surface area (Å²) in [5, 5.41) is 4.23. The summed E-state index contributed by atoms with van der Waals surface area (Å²) >= 11 is 0. The Morgan fingerprint density at radius 3 is 2.92 bits per heavy atom. The van der Waals surface area contributed by atoms with E-state index >= 15 is 0 Å². The third-order valence-electron chi connectivity index (χ3n) is 1.94. The molecule has 0 aliphatic rings. The van der Waals surface area contributed by atoms with Gasteiger partial charge >= 0.3 is 0 Å². The van der Waals surface area contributed by atoms with E-state index in [1.165, 1.54) is 11.1 Å². The molecule has 1 heterocycles. The first-order chi connectivity index (χ1) is 6.26. The van der Waals surface area contributed by atoms with E-state index in [9.17, 15) is 0 Å². The Bertz CT molecular complexity index is 308. The fourth-order valence-corrected chi connectivity index (χ4v) is 1.21. The molecule has 0 aliphatic heterocycles. The van der Waals surface area contributed by atoms with E-state index in [1.54, 1.807) is 0 Å². The van der Waals surface area contributed by atoms with Gasteiger partial charge in [-0.05, 0) is 24.5 Å². The van der Waals surface area contributed by atoms with Crippen LogP contribution in [0.5, 0.6) is 0 Å². The maximum atomic E-state index is 4.23. The molecule has 0 saturated heterocycles. The molecule has 0 spiro atoms. The predicted molar refractivity (Wildman–Crippen MR) is 55.5 cm³/mol. The number of nitrogens with zero attached hydrogens (tertiary/aromatic N) is 2. The lowest BCUT2D eigenvalue weighted by atomic mass is 10.2. The molecule has 0 amide bonds. The lowest BCUT2D eigenvalue weighted by Gasteiger charge is -2.03. The van der Waals surface area contributed by atoms with Gasteiger partial charge in [-0.15, -0.1) is 0 Å². The first-order valence-electron chi connectivity index (χ1n) is 4.55. The molecule has 1 aromatic heterocycles. The molecule has 1 rings (SSSR count). The van der Waals surface area contributed by atoms with Crippen molar-refractivity contribution in [3.05, 3.63) is 42.3 Å². The number of aryl methyl sites for hydroxylation is 1. The summed E-state index contributed by atoms with van der Waals surface area (Å²) in [4.78, 5) is 0. The maximum absolute atomic E-state index is 4.23. The molecule has 13 heavy (non-hydrogen) atoms. The molecule has 0 unspecified atom stereocenters. The van der Waals surface area contributed by atoms with Gasteiger partial charge in [-0.1, -0.05) is 25.7 Å². The molecule has 0 atom stereocenters. The van der Waals surface area contributed by atoms with Crippen molar-refractivity contribution in [2.45, 2.75) is 26.8 Å². The van der Waals surface area contributed by atoms with Crippen LogP contribution in [0.1, 0.15) is 18.9 Å². The summed E-state index contributed by atoms with van der Waals surface area (Å²) in [5.41, 5.74) is 2.55. The van der Waals surface area contributed by atoms with Crippen LogP contribution in [0.25, 0.3) is 0 Å². The van der Waals surface area contributed by atoms with Crippen molar-refractivity contribution in [1.82, 2.24) is 9.78 Å². The highest BCUT2D eigenvalue weighted by atomic mass is 15.3. The smallest absolute Gasteiger partial charge is 0.0622 e. The molecule has 0 N–H and O–H groups in total. The molecule has 0 aliphatic carbocycles. The van der Waals surface area contributed by atoms with Crippen molar-refractivity contribution in [2.24, 2.45) is 0 Å². The minimum absolute atomic E-state index is 0.871. The van der Waals surface area contributed by atoms with E-state index in [0.717, 1.165) is 13.0 Å². The summed E-state index contributed by atoms with van der Waals surface area (Å²) in [5.74, 6) is 0. The zero-order chi connectivity index (χ0) is 9.68. The van der Waals surface area contributed by atoms with Gasteiger partial charge in [0, 0.05) is 6.20 Å². The topological polar surface area (TPSA) is 17.8 Å². The zero-order valence-corrected chi connectivity index (χ0v) is 8.33. The van der Waals surface area contributed by atoms with E-state index in [-0.39, 0.29) is 0 Å². The predicted octanol–water partition coefficient (Wildman–Crippen LogP) is 2.71. The summed E-state index contributed by atoms with van der Waals surface area (Å²) in [6.07, 6.45) is 8.85. The van der Waals surface area contributed by atoms with Gasteiger partial charge < -0.3 is 0 Å². The van der Waals surface area contributed by atoms with Gasteiger partial charge in [-0.3, -0.25) is 4.68 Å². The lowest BCUT2D eigenvalue weighted by molar-refractivity contribution is 0.662. The van der Waals surface area contributed by atoms with Crippen LogP contribution in [0.2, 0.25) is 0 Å². The Morgan fingerprint density at radius 2 is 2.46 bits per heavy atom. The zero-order valence-electron chi connectivity index (χ0n) is 8.33. The van der Waals surface area contributed by atoms with Crippen molar-refractivity contribution in [1.29, 1.82) is 0 Å². The van der Waals surface area contributed by atoms with E-state index in [1.807, 2.05) is 30.1 Å². The highest BCUT2D eigenvalue weighted by Crippen LogP contribution is 2.05. The second-order valence-electron chi connectivity index (χ2n) is 3.13. The van der Waals surface area contributed by atoms with E-state index in [0.29, 0.717) is 0 Å². The summed E-state index contributed by atoms with van der Waals surface area (Å²) < 4.78 is 1.95. The normalized spacial score (nSPS) is 11.7. The fraction of sp³-hybridized carbons (Fsp3) is 0.364. The highest BCUT2D eigenvalue weighted by molar-refractivity contribution is 5.10. The average Bonchev–Trinajstić information content (AvgIpc) is 2.50. The van der Waals surface area contributed by atoms with Crippen molar-refractivity contribution in [3.8, 4) is 0 Å². The summed E-state index contributed by atoms with van der Waals surface area (Å²) in [7, 11) is 0. The van der Waals surface area contributed by atoms with Gasteiger partial charge in [0.2, 0.25) is 0 Å². The Balaban J connectivity index is 2.67. The number of aromatic nitrogens is 2. The lowest BCUT2D eigenvalue weighted by Crippen LogP contribution is -2.00. The van der Waals surface area contributed by atoms with E-state index < -0.39 is 0 Å². The van der Waals surface area contributed by atoms with Crippen LogP contribution in [0, 0.1) is 6.92 Å². The molecule has 2 nitrogen and oxygen atoms in total. The Kier molecular flexibility index (Phi) is 3.50. The van der Waals surface area contributed by atoms with Crippen LogP contribution in [-0.2, 0) is 6.54 Å². The quantitative estimate of drug-likeness (QED) is 0.645. The molecule has 0 saturated carbocycles. The van der Waals surface area contributed by atoms with Crippen molar-refractivity contribution in [3.63, 3.8) is 0 Å². The van der Waals surface area contributed by atoms with Gasteiger partial charge in [-0.2, -0.15) is 5.10 Å². The van der Waals surface area contributed by atoms with E-state index in [2.05, 4.69) is 24.7 Å². The number of hydrogen-bond donors (Lipinski definition) is 0. The second-order valence-corrected chi connectivity index (χ2v) is 3.13. The van der Waals surface area contributed by atoms with E-state index in [4.69, 9.17) is 0 Å². The number of rotatable bonds is 4. The van der Waals surface area contributed by atoms with Crippen molar-refractivity contribution >= 4 is 0 Å². The summed E-state index contributed by atoms with van der Waals surface area (Å²) in [6, 6.07) is 0. The standard InChI is InChI=1S/C11H16N2/c1-4-6-11(5-2)9-13-8-10(3)7-12-13/h4,6-8H,1,5,9H2,2-3H3/b11-6+. The first-order valence-corrected chi connectivity index (χ1v) is 4.55. The second kappa shape index (κ2) is 4.65. The third kappa shape index (κ3) is 2.90. The first kappa shape index (κ1) is 9.78. The molecule has 70 valence electrons. The molecule has 0 radical (unpaired) electrons.